The molecule has 138 valence electrons. The van der Waals surface area contributed by atoms with Crippen molar-refractivity contribution in [1.82, 2.24) is 19.9 Å². The number of amides is 1. The number of nitrogens with zero attached hydrogens (tertiary/aromatic N) is 5. The van der Waals surface area contributed by atoms with Crippen LogP contribution in [-0.2, 0) is 11.2 Å². The lowest BCUT2D eigenvalue weighted by Crippen LogP contribution is -2.42. The lowest BCUT2D eigenvalue weighted by Gasteiger charge is -2.32. The molecule has 4 heterocycles. The van der Waals surface area contributed by atoms with Crippen molar-refractivity contribution in [3.05, 3.63) is 34.0 Å². The third kappa shape index (κ3) is 3.43. The van der Waals surface area contributed by atoms with Crippen molar-refractivity contribution in [3.8, 4) is 0 Å². The Hall–Kier alpha value is -2.06. The van der Waals surface area contributed by atoms with Gasteiger partial charge in [-0.25, -0.2) is 15.0 Å². The number of aryl methyl sites for hydroxylation is 1. The highest BCUT2D eigenvalue weighted by molar-refractivity contribution is 7.11. The van der Waals surface area contributed by atoms with Gasteiger partial charge in [-0.3, -0.25) is 4.79 Å². The highest BCUT2D eigenvalue weighted by atomic mass is 32.1. The molecule has 0 N–H and O–H groups in total. The lowest BCUT2D eigenvalue weighted by atomic mass is 10.2. The van der Waals surface area contributed by atoms with E-state index in [-0.39, 0.29) is 12.0 Å². The highest BCUT2D eigenvalue weighted by Gasteiger charge is 2.29. The first-order valence-corrected chi connectivity index (χ1v) is 10.1. The zero-order valence-electron chi connectivity index (χ0n) is 14.9. The first-order chi connectivity index (χ1) is 12.8. The molecule has 8 heteroatoms. The molecule has 2 aromatic rings. The monoisotopic (exact) mass is 373 g/mol. The summed E-state index contributed by atoms with van der Waals surface area (Å²) in [5.41, 5.74) is 3.47. The molecule has 2 fully saturated rings. The number of thiazole rings is 1. The van der Waals surface area contributed by atoms with Crippen molar-refractivity contribution in [1.29, 1.82) is 0 Å². The van der Waals surface area contributed by atoms with Gasteiger partial charge in [0.15, 0.2) is 0 Å². The molecule has 0 aromatic carbocycles. The van der Waals surface area contributed by atoms with Crippen LogP contribution in [0.3, 0.4) is 0 Å². The number of carbonyl (C=O) groups is 1. The van der Waals surface area contributed by atoms with Crippen LogP contribution in [0.5, 0.6) is 0 Å². The summed E-state index contributed by atoms with van der Waals surface area (Å²) in [7, 11) is 0. The SMILES string of the molecule is CCc1ncsc1C(=O)N1CCO[C@@H](c2ccnc(N3CCCC3)n2)C1. The maximum atomic E-state index is 12.9. The smallest absolute Gasteiger partial charge is 0.266 e. The van der Waals surface area contributed by atoms with E-state index in [2.05, 4.69) is 14.9 Å². The zero-order chi connectivity index (χ0) is 17.9. The molecule has 2 aliphatic rings. The number of anilines is 1. The van der Waals surface area contributed by atoms with Crippen LogP contribution in [0.25, 0.3) is 0 Å². The van der Waals surface area contributed by atoms with Crippen LogP contribution in [0.4, 0.5) is 5.95 Å². The number of ether oxygens (including phenoxy) is 1. The number of hydrogen-bond donors (Lipinski definition) is 0. The summed E-state index contributed by atoms with van der Waals surface area (Å²) in [6.07, 6.45) is 4.71. The summed E-state index contributed by atoms with van der Waals surface area (Å²) in [5.74, 6) is 0.814. The van der Waals surface area contributed by atoms with E-state index in [1.54, 1.807) is 11.7 Å². The normalized spacial score (nSPS) is 20.6. The number of rotatable bonds is 4. The van der Waals surface area contributed by atoms with E-state index >= 15 is 0 Å². The topological polar surface area (TPSA) is 71.5 Å². The summed E-state index contributed by atoms with van der Waals surface area (Å²) in [4.78, 5) is 31.1. The molecule has 0 spiro atoms. The largest absolute Gasteiger partial charge is 0.368 e. The van der Waals surface area contributed by atoms with E-state index in [0.717, 1.165) is 41.7 Å². The van der Waals surface area contributed by atoms with Gasteiger partial charge in [-0.2, -0.15) is 0 Å². The highest BCUT2D eigenvalue weighted by Crippen LogP contribution is 2.25. The van der Waals surface area contributed by atoms with Gasteiger partial charge in [0.2, 0.25) is 5.95 Å². The third-order valence-electron chi connectivity index (χ3n) is 4.91. The van der Waals surface area contributed by atoms with Crippen molar-refractivity contribution in [3.63, 3.8) is 0 Å². The Morgan fingerprint density at radius 2 is 2.15 bits per heavy atom. The van der Waals surface area contributed by atoms with Crippen molar-refractivity contribution in [2.45, 2.75) is 32.3 Å². The van der Waals surface area contributed by atoms with Crippen LogP contribution < -0.4 is 4.90 Å². The Bertz CT molecular complexity index is 774. The van der Waals surface area contributed by atoms with Crippen LogP contribution in [-0.4, -0.2) is 58.5 Å². The molecule has 1 amide bonds. The van der Waals surface area contributed by atoms with Crippen molar-refractivity contribution in [2.75, 3.05) is 37.7 Å². The summed E-state index contributed by atoms with van der Waals surface area (Å²) >= 11 is 1.42. The van der Waals surface area contributed by atoms with Crippen LogP contribution in [0, 0.1) is 0 Å². The Morgan fingerprint density at radius 1 is 1.31 bits per heavy atom. The van der Waals surface area contributed by atoms with Crippen molar-refractivity contribution in [2.24, 2.45) is 0 Å². The fourth-order valence-corrected chi connectivity index (χ4v) is 4.31. The quantitative estimate of drug-likeness (QED) is 0.819. The Labute approximate surface area is 157 Å². The van der Waals surface area contributed by atoms with Crippen LogP contribution in [0.15, 0.2) is 17.8 Å². The van der Waals surface area contributed by atoms with E-state index in [9.17, 15) is 4.79 Å². The van der Waals surface area contributed by atoms with Gasteiger partial charge < -0.3 is 14.5 Å². The Morgan fingerprint density at radius 3 is 2.96 bits per heavy atom. The molecule has 26 heavy (non-hydrogen) atoms. The molecule has 0 unspecified atom stereocenters. The summed E-state index contributed by atoms with van der Waals surface area (Å²) in [6, 6.07) is 1.89. The van der Waals surface area contributed by atoms with Gasteiger partial charge in [-0.1, -0.05) is 6.92 Å². The fraction of sp³-hybridized carbons (Fsp3) is 0.556. The molecule has 2 aromatic heterocycles. The average Bonchev–Trinajstić information content (AvgIpc) is 3.39. The maximum Gasteiger partial charge on any atom is 0.266 e. The van der Waals surface area contributed by atoms with E-state index in [1.165, 1.54) is 24.2 Å². The van der Waals surface area contributed by atoms with E-state index in [0.29, 0.717) is 19.7 Å². The van der Waals surface area contributed by atoms with Gasteiger partial charge >= 0.3 is 0 Å². The minimum atomic E-state index is -0.213. The van der Waals surface area contributed by atoms with Crippen molar-refractivity contribution < 1.29 is 9.53 Å². The number of carbonyl (C=O) groups excluding carboxylic acids is 1. The third-order valence-corrected chi connectivity index (χ3v) is 5.76. The minimum absolute atomic E-state index is 0.0477. The van der Waals surface area contributed by atoms with Crippen LogP contribution in [0.2, 0.25) is 0 Å². The molecule has 0 aliphatic carbocycles. The van der Waals surface area contributed by atoms with Crippen molar-refractivity contribution >= 4 is 23.2 Å². The Kier molecular flexibility index (Phi) is 5.12. The molecule has 7 nitrogen and oxygen atoms in total. The van der Waals surface area contributed by atoms with Crippen LogP contribution in [0.1, 0.15) is 46.9 Å². The van der Waals surface area contributed by atoms with Gasteiger partial charge in [0.25, 0.3) is 5.91 Å². The van der Waals surface area contributed by atoms with E-state index in [4.69, 9.17) is 9.72 Å². The van der Waals surface area contributed by atoms with Gasteiger partial charge in [0.1, 0.15) is 11.0 Å². The Balaban J connectivity index is 1.50. The first kappa shape index (κ1) is 17.4. The van der Waals surface area contributed by atoms with Gasteiger partial charge in [0, 0.05) is 25.8 Å². The lowest BCUT2D eigenvalue weighted by molar-refractivity contribution is -0.0246. The molecule has 2 aliphatic heterocycles. The zero-order valence-corrected chi connectivity index (χ0v) is 15.7. The number of hydrogen-bond acceptors (Lipinski definition) is 7. The molecule has 2 saturated heterocycles. The molecule has 0 saturated carbocycles. The van der Waals surface area contributed by atoms with Gasteiger partial charge in [-0.15, -0.1) is 11.3 Å². The van der Waals surface area contributed by atoms with E-state index in [1.807, 2.05) is 17.9 Å². The molecule has 4 rings (SSSR count). The minimum Gasteiger partial charge on any atom is -0.368 e. The second kappa shape index (κ2) is 7.67. The molecular formula is C18H23N5O2S. The maximum absolute atomic E-state index is 12.9. The number of morpholine rings is 1. The summed E-state index contributed by atoms with van der Waals surface area (Å²) in [5, 5.41) is 0. The predicted molar refractivity (Wildman–Crippen MR) is 99.6 cm³/mol. The van der Waals surface area contributed by atoms with Gasteiger partial charge in [-0.05, 0) is 25.3 Å². The molecule has 0 bridgehead atoms. The van der Waals surface area contributed by atoms with E-state index < -0.39 is 0 Å². The standard InChI is InChI=1S/C18H23N5O2S/c1-2-13-16(26-12-20-13)17(24)23-9-10-25-15(11-23)14-5-6-19-18(21-14)22-7-3-4-8-22/h5-6,12,15H,2-4,7-11H2,1H3/t15-/m1/s1. The number of aromatic nitrogens is 3. The second-order valence-electron chi connectivity index (χ2n) is 6.57. The second-order valence-corrected chi connectivity index (χ2v) is 7.42. The summed E-state index contributed by atoms with van der Waals surface area (Å²) < 4.78 is 5.92. The molecular weight excluding hydrogens is 350 g/mol. The van der Waals surface area contributed by atoms with Gasteiger partial charge in [0.05, 0.1) is 30.1 Å². The molecule has 0 radical (unpaired) electrons. The summed E-state index contributed by atoms with van der Waals surface area (Å²) in [6.45, 7) is 5.65. The van der Waals surface area contributed by atoms with Crippen LogP contribution >= 0.6 is 11.3 Å². The first-order valence-electron chi connectivity index (χ1n) is 9.17. The fourth-order valence-electron chi connectivity index (χ4n) is 3.46. The molecule has 1 atom stereocenters. The predicted octanol–water partition coefficient (Wildman–Crippen LogP) is 2.31. The average molecular weight is 373 g/mol.